The third kappa shape index (κ3) is 2.90. The molecule has 17 heavy (non-hydrogen) atoms. The second kappa shape index (κ2) is 5.78. The van der Waals surface area contributed by atoms with Gasteiger partial charge in [-0.25, -0.2) is 0 Å². The number of nitrogens with one attached hydrogen (secondary N) is 1. The van der Waals surface area contributed by atoms with Gasteiger partial charge in [0, 0.05) is 12.4 Å². The van der Waals surface area contributed by atoms with Crippen LogP contribution in [0.15, 0.2) is 54.9 Å². The van der Waals surface area contributed by atoms with E-state index in [0.717, 1.165) is 11.1 Å². The van der Waals surface area contributed by atoms with E-state index >= 15 is 0 Å². The molecule has 1 unspecified atom stereocenters. The Morgan fingerprint density at radius 2 is 1.71 bits per heavy atom. The fourth-order valence-corrected chi connectivity index (χ4v) is 1.78. The normalized spacial score (nSPS) is 11.7. The minimum atomic E-state index is 0.0406. The van der Waals surface area contributed by atoms with Crippen LogP contribution < -0.4 is 5.32 Å². The van der Waals surface area contributed by atoms with Crippen LogP contribution in [0.25, 0.3) is 0 Å². The second-order valence-electron chi connectivity index (χ2n) is 3.66. The van der Waals surface area contributed by atoms with Gasteiger partial charge in [0.2, 0.25) is 0 Å². The molecule has 0 saturated heterocycles. The summed E-state index contributed by atoms with van der Waals surface area (Å²) in [5, 5.41) is 11.9. The van der Waals surface area contributed by atoms with Crippen molar-refractivity contribution >= 4 is 0 Å². The van der Waals surface area contributed by atoms with E-state index in [-0.39, 0.29) is 6.04 Å². The molecule has 1 N–H and O–H groups in total. The summed E-state index contributed by atoms with van der Waals surface area (Å²) in [5.41, 5.74) is 2.26. The van der Waals surface area contributed by atoms with Crippen LogP contribution in [0, 0.1) is 11.3 Å². The molecule has 3 heteroatoms. The molecule has 0 spiro atoms. The first-order valence-corrected chi connectivity index (χ1v) is 5.47. The third-order valence-corrected chi connectivity index (χ3v) is 2.56. The summed E-state index contributed by atoms with van der Waals surface area (Å²) >= 11 is 0. The number of pyridine rings is 1. The zero-order chi connectivity index (χ0) is 11.9. The molecule has 0 aliphatic carbocycles. The van der Waals surface area contributed by atoms with Gasteiger partial charge in [-0.05, 0) is 23.3 Å². The Morgan fingerprint density at radius 1 is 1.06 bits per heavy atom. The fraction of sp³-hybridized carbons (Fsp3) is 0.143. The van der Waals surface area contributed by atoms with Gasteiger partial charge in [-0.15, -0.1) is 0 Å². The first-order chi connectivity index (χ1) is 8.42. The lowest BCUT2D eigenvalue weighted by atomic mass is 10.00. The summed E-state index contributed by atoms with van der Waals surface area (Å²) in [6, 6.07) is 16.2. The van der Waals surface area contributed by atoms with Gasteiger partial charge < -0.3 is 0 Å². The van der Waals surface area contributed by atoms with Crippen molar-refractivity contribution < 1.29 is 0 Å². The average molecular weight is 223 g/mol. The number of hydrogen-bond donors (Lipinski definition) is 1. The van der Waals surface area contributed by atoms with Crippen LogP contribution in [-0.2, 0) is 0 Å². The SMILES string of the molecule is N#CCNC(c1ccccc1)c1ccncc1. The Bertz CT molecular complexity index is 448. The highest BCUT2D eigenvalue weighted by molar-refractivity contribution is 5.30. The number of benzene rings is 1. The number of nitrogens with zero attached hydrogens (tertiary/aromatic N) is 2. The molecule has 1 atom stereocenters. The van der Waals surface area contributed by atoms with Crippen LogP contribution in [0.5, 0.6) is 0 Å². The van der Waals surface area contributed by atoms with Crippen molar-refractivity contribution in [3.8, 4) is 6.07 Å². The van der Waals surface area contributed by atoms with E-state index in [0.29, 0.717) is 6.54 Å². The summed E-state index contributed by atoms with van der Waals surface area (Å²) in [6.45, 7) is 0.321. The van der Waals surface area contributed by atoms with Gasteiger partial charge in [0.25, 0.3) is 0 Å². The van der Waals surface area contributed by atoms with Crippen molar-refractivity contribution in [3.63, 3.8) is 0 Å². The van der Waals surface area contributed by atoms with Crippen molar-refractivity contribution in [2.24, 2.45) is 0 Å². The van der Waals surface area contributed by atoms with Crippen molar-refractivity contribution in [3.05, 3.63) is 66.0 Å². The molecular formula is C14H13N3. The van der Waals surface area contributed by atoms with Gasteiger partial charge in [0.15, 0.2) is 0 Å². The largest absolute Gasteiger partial charge is 0.294 e. The minimum Gasteiger partial charge on any atom is -0.294 e. The van der Waals surface area contributed by atoms with Crippen LogP contribution in [0.3, 0.4) is 0 Å². The molecule has 2 aromatic rings. The Balaban J connectivity index is 2.30. The van der Waals surface area contributed by atoms with Crippen molar-refractivity contribution in [2.75, 3.05) is 6.54 Å². The lowest BCUT2D eigenvalue weighted by Crippen LogP contribution is -2.22. The molecule has 3 nitrogen and oxygen atoms in total. The van der Waals surface area contributed by atoms with Gasteiger partial charge >= 0.3 is 0 Å². The zero-order valence-corrected chi connectivity index (χ0v) is 9.38. The molecule has 2 rings (SSSR count). The molecular weight excluding hydrogens is 210 g/mol. The predicted molar refractivity (Wildman–Crippen MR) is 66.1 cm³/mol. The van der Waals surface area contributed by atoms with Gasteiger partial charge in [0.05, 0.1) is 18.7 Å². The third-order valence-electron chi connectivity index (χ3n) is 2.56. The molecule has 0 aliphatic heterocycles. The molecule has 0 aliphatic rings. The molecule has 0 amide bonds. The van der Waals surface area contributed by atoms with Crippen LogP contribution >= 0.6 is 0 Å². The molecule has 0 fully saturated rings. The fourth-order valence-electron chi connectivity index (χ4n) is 1.78. The predicted octanol–water partition coefficient (Wildman–Crippen LogP) is 2.28. The monoisotopic (exact) mass is 223 g/mol. The second-order valence-corrected chi connectivity index (χ2v) is 3.66. The lowest BCUT2D eigenvalue weighted by Gasteiger charge is -2.17. The Kier molecular flexibility index (Phi) is 3.85. The Morgan fingerprint density at radius 3 is 2.35 bits per heavy atom. The van der Waals surface area contributed by atoms with Crippen molar-refractivity contribution in [1.29, 1.82) is 5.26 Å². The Hall–Kier alpha value is -2.18. The molecule has 1 aromatic heterocycles. The van der Waals surface area contributed by atoms with Crippen molar-refractivity contribution in [1.82, 2.24) is 10.3 Å². The number of rotatable bonds is 4. The summed E-state index contributed by atoms with van der Waals surface area (Å²) in [7, 11) is 0. The van der Waals surface area contributed by atoms with Gasteiger partial charge in [0.1, 0.15) is 0 Å². The molecule has 0 radical (unpaired) electrons. The number of nitriles is 1. The highest BCUT2D eigenvalue weighted by atomic mass is 14.9. The summed E-state index contributed by atoms with van der Waals surface area (Å²) < 4.78 is 0. The van der Waals surface area contributed by atoms with Gasteiger partial charge in [-0.2, -0.15) is 5.26 Å². The van der Waals surface area contributed by atoms with Gasteiger partial charge in [-0.1, -0.05) is 30.3 Å². The highest BCUT2D eigenvalue weighted by Crippen LogP contribution is 2.20. The van der Waals surface area contributed by atoms with E-state index in [1.807, 2.05) is 30.3 Å². The maximum Gasteiger partial charge on any atom is 0.0848 e. The van der Waals surface area contributed by atoms with E-state index in [9.17, 15) is 0 Å². The standard InChI is InChI=1S/C14H13N3/c15-8-11-17-14(12-4-2-1-3-5-12)13-6-9-16-10-7-13/h1-7,9-10,14,17H,11H2. The number of hydrogen-bond acceptors (Lipinski definition) is 3. The smallest absolute Gasteiger partial charge is 0.0848 e. The average Bonchev–Trinajstić information content (AvgIpc) is 2.42. The van der Waals surface area contributed by atoms with Crippen LogP contribution in [0.4, 0.5) is 0 Å². The molecule has 84 valence electrons. The maximum absolute atomic E-state index is 8.68. The Labute approximate surface area is 101 Å². The number of aromatic nitrogens is 1. The van der Waals surface area contributed by atoms with E-state index in [2.05, 4.69) is 28.5 Å². The van der Waals surface area contributed by atoms with E-state index in [1.165, 1.54) is 0 Å². The molecule has 0 bridgehead atoms. The van der Waals surface area contributed by atoms with E-state index in [1.54, 1.807) is 12.4 Å². The molecule has 1 aromatic carbocycles. The summed E-state index contributed by atoms with van der Waals surface area (Å²) in [6.07, 6.45) is 3.53. The lowest BCUT2D eigenvalue weighted by molar-refractivity contribution is 0.656. The van der Waals surface area contributed by atoms with Crippen LogP contribution in [0.2, 0.25) is 0 Å². The molecule has 0 saturated carbocycles. The zero-order valence-electron chi connectivity index (χ0n) is 9.38. The highest BCUT2D eigenvalue weighted by Gasteiger charge is 2.12. The quantitative estimate of drug-likeness (QED) is 0.809. The maximum atomic E-state index is 8.68. The summed E-state index contributed by atoms with van der Waals surface area (Å²) in [4.78, 5) is 4.01. The summed E-state index contributed by atoms with van der Waals surface area (Å²) in [5.74, 6) is 0. The minimum absolute atomic E-state index is 0.0406. The topological polar surface area (TPSA) is 48.7 Å². The van der Waals surface area contributed by atoms with E-state index < -0.39 is 0 Å². The van der Waals surface area contributed by atoms with Gasteiger partial charge in [-0.3, -0.25) is 10.3 Å². The first-order valence-electron chi connectivity index (χ1n) is 5.47. The van der Waals surface area contributed by atoms with Crippen LogP contribution in [0.1, 0.15) is 17.2 Å². The first kappa shape index (κ1) is 11.3. The van der Waals surface area contributed by atoms with E-state index in [4.69, 9.17) is 5.26 Å². The van der Waals surface area contributed by atoms with Crippen molar-refractivity contribution in [2.45, 2.75) is 6.04 Å². The molecule has 1 heterocycles. The van der Waals surface area contributed by atoms with Crippen LogP contribution in [-0.4, -0.2) is 11.5 Å².